The number of fused-ring (bicyclic) bond motifs is 1. The van der Waals surface area contributed by atoms with Crippen molar-refractivity contribution in [2.75, 3.05) is 12.4 Å². The first-order valence-electron chi connectivity index (χ1n) is 7.44. The number of anilines is 1. The molecule has 0 unspecified atom stereocenters. The van der Waals surface area contributed by atoms with Crippen molar-refractivity contribution < 1.29 is 14.5 Å². The lowest BCUT2D eigenvalue weighted by Crippen LogP contribution is -2.21. The van der Waals surface area contributed by atoms with E-state index in [0.717, 1.165) is 29.7 Å². The number of benzene rings is 1. The molecule has 0 atom stereocenters. The smallest absolute Gasteiger partial charge is 0.282 e. The third-order valence-corrected chi connectivity index (χ3v) is 5.16. The first-order chi connectivity index (χ1) is 11.5. The minimum absolute atomic E-state index is 0.0288. The fraction of sp³-hybridized carbons (Fsp3) is 0.250. The zero-order valence-electron chi connectivity index (χ0n) is 12.9. The van der Waals surface area contributed by atoms with Crippen molar-refractivity contribution in [3.8, 4) is 0 Å². The molecule has 2 N–H and O–H groups in total. The summed E-state index contributed by atoms with van der Waals surface area (Å²) in [5.74, 6) is -0.848. The summed E-state index contributed by atoms with van der Waals surface area (Å²) in [6.07, 6.45) is 2.67. The number of carbonyl (C=O) groups is 2. The summed E-state index contributed by atoms with van der Waals surface area (Å²) in [4.78, 5) is 36.2. The van der Waals surface area contributed by atoms with Gasteiger partial charge in [-0.15, -0.1) is 11.3 Å². The van der Waals surface area contributed by atoms with Gasteiger partial charge in [-0.1, -0.05) is 12.1 Å². The van der Waals surface area contributed by atoms with E-state index in [-0.39, 0.29) is 17.2 Å². The van der Waals surface area contributed by atoms with Crippen molar-refractivity contribution in [3.05, 3.63) is 55.9 Å². The van der Waals surface area contributed by atoms with Crippen molar-refractivity contribution in [1.29, 1.82) is 0 Å². The Kier molecular flexibility index (Phi) is 4.30. The van der Waals surface area contributed by atoms with Crippen molar-refractivity contribution in [1.82, 2.24) is 5.32 Å². The van der Waals surface area contributed by atoms with Crippen molar-refractivity contribution in [2.24, 2.45) is 0 Å². The highest BCUT2D eigenvalue weighted by molar-refractivity contribution is 7.17. The van der Waals surface area contributed by atoms with Gasteiger partial charge in [0.15, 0.2) is 0 Å². The molecule has 0 bridgehead atoms. The van der Waals surface area contributed by atoms with Gasteiger partial charge in [-0.3, -0.25) is 19.7 Å². The molecule has 7 nitrogen and oxygen atoms in total. The predicted octanol–water partition coefficient (Wildman–Crippen LogP) is 2.76. The zero-order valence-corrected chi connectivity index (χ0v) is 13.7. The van der Waals surface area contributed by atoms with Gasteiger partial charge in [0.05, 0.1) is 10.5 Å². The van der Waals surface area contributed by atoms with Gasteiger partial charge >= 0.3 is 0 Å². The number of aryl methyl sites for hydroxylation is 1. The van der Waals surface area contributed by atoms with Gasteiger partial charge < -0.3 is 10.6 Å². The van der Waals surface area contributed by atoms with E-state index in [0.29, 0.717) is 10.6 Å². The third-order valence-electron chi connectivity index (χ3n) is 3.95. The molecule has 0 spiro atoms. The number of para-hydroxylation sites is 1. The van der Waals surface area contributed by atoms with Gasteiger partial charge in [-0.05, 0) is 30.9 Å². The molecule has 2 amide bonds. The SMILES string of the molecule is CNC(=O)c1c(NC(=O)c2ccccc2[N+](=O)[O-])sc2c1CCC2. The minimum atomic E-state index is -0.594. The van der Waals surface area contributed by atoms with E-state index in [4.69, 9.17) is 0 Å². The summed E-state index contributed by atoms with van der Waals surface area (Å²) < 4.78 is 0. The van der Waals surface area contributed by atoms with Crippen molar-refractivity contribution >= 4 is 33.8 Å². The van der Waals surface area contributed by atoms with E-state index < -0.39 is 10.8 Å². The Bertz CT molecular complexity index is 844. The van der Waals surface area contributed by atoms with Crippen LogP contribution in [0.15, 0.2) is 24.3 Å². The summed E-state index contributed by atoms with van der Waals surface area (Å²) in [6, 6.07) is 5.75. The lowest BCUT2D eigenvalue weighted by Gasteiger charge is -2.08. The largest absolute Gasteiger partial charge is 0.355 e. The number of hydrogen-bond donors (Lipinski definition) is 2. The number of nitrogens with one attached hydrogen (secondary N) is 2. The Morgan fingerprint density at radius 3 is 2.67 bits per heavy atom. The average Bonchev–Trinajstić information content (AvgIpc) is 3.14. The average molecular weight is 345 g/mol. The van der Waals surface area contributed by atoms with Crippen LogP contribution in [0.5, 0.6) is 0 Å². The van der Waals surface area contributed by atoms with Gasteiger partial charge in [-0.2, -0.15) is 0 Å². The summed E-state index contributed by atoms with van der Waals surface area (Å²) >= 11 is 1.37. The summed E-state index contributed by atoms with van der Waals surface area (Å²) in [5, 5.41) is 16.8. The molecule has 0 fully saturated rings. The molecule has 24 heavy (non-hydrogen) atoms. The molecule has 1 aliphatic carbocycles. The molecule has 0 radical (unpaired) electrons. The number of nitro benzene ring substituents is 1. The van der Waals surface area contributed by atoms with E-state index in [1.807, 2.05) is 0 Å². The van der Waals surface area contributed by atoms with E-state index >= 15 is 0 Å². The first-order valence-corrected chi connectivity index (χ1v) is 8.26. The van der Waals surface area contributed by atoms with E-state index in [1.54, 1.807) is 6.07 Å². The molecule has 124 valence electrons. The standard InChI is InChI=1S/C16H15N3O4S/c1-17-15(21)13-10-6-4-8-12(10)24-16(13)18-14(20)9-5-2-3-7-11(9)19(22)23/h2-3,5,7H,4,6,8H2,1H3,(H,17,21)(H,18,20). The molecule has 3 rings (SSSR count). The monoisotopic (exact) mass is 345 g/mol. The second-order valence-corrected chi connectivity index (χ2v) is 6.47. The number of nitro groups is 1. The van der Waals surface area contributed by atoms with Crippen LogP contribution in [0.2, 0.25) is 0 Å². The van der Waals surface area contributed by atoms with Gasteiger partial charge in [0.25, 0.3) is 17.5 Å². The van der Waals surface area contributed by atoms with Gasteiger partial charge in [-0.25, -0.2) is 0 Å². The second-order valence-electron chi connectivity index (χ2n) is 5.37. The van der Waals surface area contributed by atoms with Crippen LogP contribution in [0.1, 0.15) is 37.6 Å². The number of hydrogen-bond acceptors (Lipinski definition) is 5. The molecule has 2 aromatic rings. The maximum absolute atomic E-state index is 12.5. The summed E-state index contributed by atoms with van der Waals surface area (Å²) in [6.45, 7) is 0. The number of amides is 2. The molecule has 0 saturated heterocycles. The van der Waals surface area contributed by atoms with Gasteiger partial charge in [0, 0.05) is 18.0 Å². The normalized spacial score (nSPS) is 12.5. The number of rotatable bonds is 4. The lowest BCUT2D eigenvalue weighted by atomic mass is 10.1. The highest BCUT2D eigenvalue weighted by Crippen LogP contribution is 2.39. The predicted molar refractivity (Wildman–Crippen MR) is 90.8 cm³/mol. The van der Waals surface area contributed by atoms with Gasteiger partial charge in [0.1, 0.15) is 10.6 Å². The highest BCUT2D eigenvalue weighted by Gasteiger charge is 2.28. The molecule has 8 heteroatoms. The quantitative estimate of drug-likeness (QED) is 0.657. The summed E-state index contributed by atoms with van der Waals surface area (Å²) in [5.41, 5.74) is 1.15. The van der Waals surface area contributed by atoms with Crippen LogP contribution in [-0.2, 0) is 12.8 Å². The summed E-state index contributed by atoms with van der Waals surface area (Å²) in [7, 11) is 1.54. The molecular weight excluding hydrogens is 330 g/mol. The van der Waals surface area contributed by atoms with Crippen LogP contribution >= 0.6 is 11.3 Å². The Hall–Kier alpha value is -2.74. The van der Waals surface area contributed by atoms with Crippen LogP contribution < -0.4 is 10.6 Å². The van der Waals surface area contributed by atoms with Crippen LogP contribution in [0.3, 0.4) is 0 Å². The molecule has 1 aromatic carbocycles. The number of thiophene rings is 1. The van der Waals surface area contributed by atoms with Crippen LogP contribution in [0.4, 0.5) is 10.7 Å². The first kappa shape index (κ1) is 16.1. The molecule has 0 saturated carbocycles. The van der Waals surface area contributed by atoms with Crippen LogP contribution in [0, 0.1) is 10.1 Å². The fourth-order valence-corrected chi connectivity index (χ4v) is 4.13. The van der Waals surface area contributed by atoms with Crippen LogP contribution in [-0.4, -0.2) is 23.8 Å². The fourth-order valence-electron chi connectivity index (χ4n) is 2.85. The lowest BCUT2D eigenvalue weighted by molar-refractivity contribution is -0.385. The molecule has 1 heterocycles. The number of nitrogens with zero attached hydrogens (tertiary/aromatic N) is 1. The number of carbonyl (C=O) groups excluding carboxylic acids is 2. The van der Waals surface area contributed by atoms with E-state index in [9.17, 15) is 19.7 Å². The highest BCUT2D eigenvalue weighted by atomic mass is 32.1. The van der Waals surface area contributed by atoms with Crippen molar-refractivity contribution in [3.63, 3.8) is 0 Å². The molecule has 1 aliphatic rings. The Balaban J connectivity index is 1.96. The third kappa shape index (κ3) is 2.76. The van der Waals surface area contributed by atoms with E-state index in [1.165, 1.54) is 36.6 Å². The maximum Gasteiger partial charge on any atom is 0.282 e. The van der Waals surface area contributed by atoms with Gasteiger partial charge in [0.2, 0.25) is 0 Å². The maximum atomic E-state index is 12.5. The topological polar surface area (TPSA) is 101 Å². The van der Waals surface area contributed by atoms with Crippen LogP contribution in [0.25, 0.3) is 0 Å². The Morgan fingerprint density at radius 1 is 1.21 bits per heavy atom. The molecular formula is C16H15N3O4S. The Morgan fingerprint density at radius 2 is 1.96 bits per heavy atom. The molecule has 0 aliphatic heterocycles. The van der Waals surface area contributed by atoms with E-state index in [2.05, 4.69) is 10.6 Å². The zero-order chi connectivity index (χ0) is 17.3. The Labute approximate surface area is 141 Å². The van der Waals surface area contributed by atoms with Crippen molar-refractivity contribution in [2.45, 2.75) is 19.3 Å². The minimum Gasteiger partial charge on any atom is -0.355 e. The molecule has 1 aromatic heterocycles. The second kappa shape index (κ2) is 6.40.